The minimum absolute atomic E-state index is 0.0781. The van der Waals surface area contributed by atoms with Crippen LogP contribution in [0.25, 0.3) is 0 Å². The summed E-state index contributed by atoms with van der Waals surface area (Å²) in [6.45, 7) is 0.570. The zero-order valence-electron chi connectivity index (χ0n) is 15.7. The average Bonchev–Trinajstić information content (AvgIpc) is 3.43. The first-order chi connectivity index (χ1) is 14.3. The lowest BCUT2D eigenvalue weighted by atomic mass is 10.1. The van der Waals surface area contributed by atoms with Crippen molar-refractivity contribution < 1.29 is 17.6 Å². The highest BCUT2D eigenvalue weighted by Crippen LogP contribution is 2.31. The first-order valence-corrected chi connectivity index (χ1v) is 12.0. The smallest absolute Gasteiger partial charge is 0.261 e. The molecular weight excluding hydrogens is 447 g/mol. The molecular formula is C21H18ClFN2O3S2. The number of nitrogens with one attached hydrogen (secondary N) is 1. The summed E-state index contributed by atoms with van der Waals surface area (Å²) in [5, 5.41) is 1.71. The molecule has 0 saturated heterocycles. The third kappa shape index (κ3) is 4.66. The number of halogens is 2. The van der Waals surface area contributed by atoms with Gasteiger partial charge in [-0.25, -0.2) is 12.8 Å². The van der Waals surface area contributed by atoms with E-state index in [0.717, 1.165) is 35.9 Å². The SMILES string of the molecule is O=C(c1ccc(NS(=O)(=O)c2ccc(F)c(Cl)c2)cc1)N(Cc1cccs1)C1CC1. The topological polar surface area (TPSA) is 66.5 Å². The minimum atomic E-state index is -3.93. The number of amides is 1. The molecule has 1 aliphatic carbocycles. The van der Waals surface area contributed by atoms with Crippen molar-refractivity contribution in [3.05, 3.63) is 81.3 Å². The number of thiophene rings is 1. The van der Waals surface area contributed by atoms with Crippen LogP contribution < -0.4 is 4.72 Å². The number of carbonyl (C=O) groups excluding carboxylic acids is 1. The first-order valence-electron chi connectivity index (χ1n) is 9.25. The second-order valence-electron chi connectivity index (χ2n) is 7.00. The van der Waals surface area contributed by atoms with Crippen molar-refractivity contribution in [1.29, 1.82) is 0 Å². The minimum Gasteiger partial charge on any atom is -0.331 e. The van der Waals surface area contributed by atoms with E-state index in [-0.39, 0.29) is 21.9 Å². The molecule has 1 fully saturated rings. The molecule has 9 heteroatoms. The van der Waals surface area contributed by atoms with Gasteiger partial charge in [-0.15, -0.1) is 11.3 Å². The molecule has 0 atom stereocenters. The van der Waals surface area contributed by atoms with Crippen LogP contribution in [0.4, 0.5) is 10.1 Å². The zero-order chi connectivity index (χ0) is 21.3. The molecule has 0 bridgehead atoms. The second-order valence-corrected chi connectivity index (χ2v) is 10.1. The Kier molecular flexibility index (Phi) is 5.81. The number of benzene rings is 2. The number of sulfonamides is 1. The molecule has 0 aliphatic heterocycles. The molecule has 0 radical (unpaired) electrons. The van der Waals surface area contributed by atoms with E-state index in [4.69, 9.17) is 11.6 Å². The Morgan fingerprint density at radius 1 is 1.17 bits per heavy atom. The predicted molar refractivity (Wildman–Crippen MR) is 116 cm³/mol. The maximum atomic E-state index is 13.3. The van der Waals surface area contributed by atoms with E-state index in [1.54, 1.807) is 23.5 Å². The Morgan fingerprint density at radius 3 is 2.50 bits per heavy atom. The van der Waals surface area contributed by atoms with Crippen molar-refractivity contribution in [3.8, 4) is 0 Å². The molecule has 1 N–H and O–H groups in total. The van der Waals surface area contributed by atoms with Crippen molar-refractivity contribution in [1.82, 2.24) is 4.90 Å². The van der Waals surface area contributed by atoms with Gasteiger partial charge in [-0.05, 0) is 66.8 Å². The fourth-order valence-electron chi connectivity index (χ4n) is 3.03. The van der Waals surface area contributed by atoms with Crippen LogP contribution in [0.3, 0.4) is 0 Å². The molecule has 0 unspecified atom stereocenters. The zero-order valence-corrected chi connectivity index (χ0v) is 18.1. The number of carbonyl (C=O) groups is 1. The van der Waals surface area contributed by atoms with Gasteiger partial charge >= 0.3 is 0 Å². The molecule has 1 saturated carbocycles. The third-order valence-electron chi connectivity index (χ3n) is 4.74. The van der Waals surface area contributed by atoms with Gasteiger partial charge in [0.2, 0.25) is 0 Å². The standard InChI is InChI=1S/C21H18ClFN2O3S2/c22-19-12-18(9-10-20(19)23)30(27,28)24-15-5-3-14(4-6-15)21(26)25(16-7-8-16)13-17-2-1-11-29-17/h1-6,9-12,16,24H,7-8,13H2. The Balaban J connectivity index is 1.49. The van der Waals surface area contributed by atoms with Gasteiger partial charge in [0.05, 0.1) is 16.5 Å². The van der Waals surface area contributed by atoms with E-state index in [2.05, 4.69) is 4.72 Å². The van der Waals surface area contributed by atoms with Gasteiger partial charge in [0.1, 0.15) is 5.82 Å². The van der Waals surface area contributed by atoms with Crippen LogP contribution in [0.15, 0.2) is 64.9 Å². The molecule has 3 aromatic rings. The van der Waals surface area contributed by atoms with Crippen molar-refractivity contribution in [2.75, 3.05) is 4.72 Å². The third-order valence-corrected chi connectivity index (χ3v) is 7.27. The van der Waals surface area contributed by atoms with Crippen molar-refractivity contribution >= 4 is 44.6 Å². The van der Waals surface area contributed by atoms with E-state index in [9.17, 15) is 17.6 Å². The van der Waals surface area contributed by atoms with Crippen LogP contribution in [0.5, 0.6) is 0 Å². The van der Waals surface area contributed by atoms with Crippen molar-refractivity contribution in [3.63, 3.8) is 0 Å². The lowest BCUT2D eigenvalue weighted by Gasteiger charge is -2.22. The van der Waals surface area contributed by atoms with E-state index >= 15 is 0 Å². The van der Waals surface area contributed by atoms with Gasteiger partial charge in [-0.1, -0.05) is 17.7 Å². The molecule has 1 heterocycles. The summed E-state index contributed by atoms with van der Waals surface area (Å²) >= 11 is 7.29. The van der Waals surface area contributed by atoms with E-state index < -0.39 is 15.8 Å². The number of rotatable bonds is 7. The van der Waals surface area contributed by atoms with Gasteiger partial charge in [-0.2, -0.15) is 0 Å². The molecule has 1 aromatic heterocycles. The Morgan fingerprint density at radius 2 is 1.90 bits per heavy atom. The normalized spacial score (nSPS) is 13.8. The number of hydrogen-bond acceptors (Lipinski definition) is 4. The Bertz CT molecular complexity index is 1160. The Labute approximate surface area is 183 Å². The fourth-order valence-corrected chi connectivity index (χ4v) is 5.06. The van der Waals surface area contributed by atoms with Gasteiger partial charge in [0.15, 0.2) is 0 Å². The van der Waals surface area contributed by atoms with Crippen molar-refractivity contribution in [2.24, 2.45) is 0 Å². The largest absolute Gasteiger partial charge is 0.331 e. The molecule has 30 heavy (non-hydrogen) atoms. The maximum Gasteiger partial charge on any atom is 0.261 e. The van der Waals surface area contributed by atoms with Gasteiger partial charge in [-0.3, -0.25) is 9.52 Å². The summed E-state index contributed by atoms with van der Waals surface area (Å²) in [4.78, 5) is 15.8. The molecule has 4 rings (SSSR count). The van der Waals surface area contributed by atoms with Crippen LogP contribution in [0.1, 0.15) is 28.1 Å². The predicted octanol–water partition coefficient (Wildman–Crippen LogP) is 5.15. The summed E-state index contributed by atoms with van der Waals surface area (Å²) in [5.74, 6) is -0.771. The lowest BCUT2D eigenvalue weighted by molar-refractivity contribution is 0.0731. The maximum absolute atomic E-state index is 13.3. The first kappa shape index (κ1) is 20.8. The molecule has 1 amide bonds. The van der Waals surface area contributed by atoms with Crippen LogP contribution in [-0.4, -0.2) is 25.3 Å². The van der Waals surface area contributed by atoms with Gasteiger partial charge in [0, 0.05) is 22.2 Å². The summed E-state index contributed by atoms with van der Waals surface area (Å²) in [6.07, 6.45) is 1.99. The molecule has 0 spiro atoms. The number of nitrogens with zero attached hydrogens (tertiary/aromatic N) is 1. The summed E-state index contributed by atoms with van der Waals surface area (Å²) in [7, 11) is -3.93. The van der Waals surface area contributed by atoms with E-state index in [0.29, 0.717) is 17.8 Å². The molecule has 156 valence electrons. The van der Waals surface area contributed by atoms with Crippen LogP contribution >= 0.6 is 22.9 Å². The molecule has 1 aliphatic rings. The van der Waals surface area contributed by atoms with Crippen molar-refractivity contribution in [2.45, 2.75) is 30.3 Å². The molecule has 5 nitrogen and oxygen atoms in total. The summed E-state index contributed by atoms with van der Waals surface area (Å²) in [5.41, 5.74) is 0.787. The highest BCUT2D eigenvalue weighted by atomic mass is 35.5. The van der Waals surface area contributed by atoms with E-state index in [1.165, 1.54) is 12.1 Å². The van der Waals surface area contributed by atoms with Gasteiger partial charge < -0.3 is 4.90 Å². The summed E-state index contributed by atoms with van der Waals surface area (Å²) < 4.78 is 40.7. The van der Waals surface area contributed by atoms with E-state index in [1.807, 2.05) is 22.4 Å². The second kappa shape index (κ2) is 8.37. The number of hydrogen-bond donors (Lipinski definition) is 1. The average molecular weight is 465 g/mol. The fraction of sp³-hybridized carbons (Fsp3) is 0.190. The lowest BCUT2D eigenvalue weighted by Crippen LogP contribution is -2.32. The van der Waals surface area contributed by atoms with Crippen LogP contribution in [0, 0.1) is 5.82 Å². The Hall–Kier alpha value is -2.42. The van der Waals surface area contributed by atoms with Crippen LogP contribution in [0.2, 0.25) is 5.02 Å². The highest BCUT2D eigenvalue weighted by Gasteiger charge is 2.33. The monoisotopic (exact) mass is 464 g/mol. The van der Waals surface area contributed by atoms with Gasteiger partial charge in [0.25, 0.3) is 15.9 Å². The quantitative estimate of drug-likeness (QED) is 0.526. The number of anilines is 1. The molecule has 2 aromatic carbocycles. The highest BCUT2D eigenvalue weighted by molar-refractivity contribution is 7.92. The summed E-state index contributed by atoms with van der Waals surface area (Å²) in [6, 6.07) is 13.7. The van der Waals surface area contributed by atoms with Crippen LogP contribution in [-0.2, 0) is 16.6 Å².